The first kappa shape index (κ1) is 12.7. The molecule has 4 nitrogen and oxygen atoms in total. The third-order valence-electron chi connectivity index (χ3n) is 2.58. The Kier molecular flexibility index (Phi) is 3.74. The molecule has 0 bridgehead atoms. The molecule has 0 aliphatic rings. The van der Waals surface area contributed by atoms with E-state index in [0.717, 1.165) is 5.56 Å². The number of carbonyl (C=O) groups is 1. The van der Waals surface area contributed by atoms with Crippen LogP contribution in [0.4, 0.5) is 0 Å². The Hall–Kier alpha value is -1.72. The average Bonchev–Trinajstić information content (AvgIpc) is 2.84. The molecular formula is C13H13NO3S. The fraction of sp³-hybridized carbons (Fsp3) is 0.231. The van der Waals surface area contributed by atoms with Crippen LogP contribution in [0.2, 0.25) is 0 Å². The lowest BCUT2D eigenvalue weighted by Gasteiger charge is -2.03. The summed E-state index contributed by atoms with van der Waals surface area (Å²) in [6, 6.07) is 9.40. The van der Waals surface area contributed by atoms with E-state index in [1.807, 2.05) is 37.3 Å². The number of nitrogens with zero attached hydrogens (tertiary/aromatic N) is 1. The highest BCUT2D eigenvalue weighted by molar-refractivity contribution is 7.15. The summed E-state index contributed by atoms with van der Waals surface area (Å²) in [5.74, 6) is -1.01. The van der Waals surface area contributed by atoms with Crippen LogP contribution in [0.15, 0.2) is 30.3 Å². The van der Waals surface area contributed by atoms with Gasteiger partial charge in [-0.2, -0.15) is 0 Å². The summed E-state index contributed by atoms with van der Waals surface area (Å²) < 4.78 is 5.18. The first-order valence-electron chi connectivity index (χ1n) is 5.45. The van der Waals surface area contributed by atoms with E-state index in [9.17, 15) is 9.90 Å². The Balaban J connectivity index is 2.52. The van der Waals surface area contributed by atoms with Crippen LogP contribution in [0.25, 0.3) is 10.4 Å². The van der Waals surface area contributed by atoms with Gasteiger partial charge in [0, 0.05) is 7.11 Å². The fourth-order valence-corrected chi connectivity index (χ4v) is 2.63. The van der Waals surface area contributed by atoms with Crippen molar-refractivity contribution in [3.8, 4) is 10.4 Å². The molecule has 0 fully saturated rings. The van der Waals surface area contributed by atoms with Crippen LogP contribution in [-0.2, 0) is 4.74 Å². The summed E-state index contributed by atoms with van der Waals surface area (Å²) in [7, 11) is 1.58. The second-order valence-electron chi connectivity index (χ2n) is 3.78. The third kappa shape index (κ3) is 2.42. The van der Waals surface area contributed by atoms with Gasteiger partial charge in [0.2, 0.25) is 0 Å². The zero-order valence-electron chi connectivity index (χ0n) is 10.1. The number of hydrogen-bond donors (Lipinski definition) is 1. The van der Waals surface area contributed by atoms with E-state index in [2.05, 4.69) is 4.98 Å². The van der Waals surface area contributed by atoms with Gasteiger partial charge >= 0.3 is 5.97 Å². The third-order valence-corrected chi connectivity index (χ3v) is 3.85. The van der Waals surface area contributed by atoms with Crippen LogP contribution in [0.5, 0.6) is 0 Å². The number of rotatable bonds is 4. The van der Waals surface area contributed by atoms with Crippen LogP contribution >= 0.6 is 11.3 Å². The zero-order chi connectivity index (χ0) is 13.1. The molecule has 0 radical (unpaired) electrons. The van der Waals surface area contributed by atoms with Crippen molar-refractivity contribution in [3.05, 3.63) is 41.0 Å². The molecule has 0 aliphatic carbocycles. The van der Waals surface area contributed by atoms with Crippen molar-refractivity contribution in [2.45, 2.75) is 13.0 Å². The lowest BCUT2D eigenvalue weighted by atomic mass is 10.1. The van der Waals surface area contributed by atoms with Gasteiger partial charge in [0.05, 0.1) is 4.88 Å². The van der Waals surface area contributed by atoms with Gasteiger partial charge in [-0.25, -0.2) is 9.78 Å². The molecule has 0 aliphatic heterocycles. The molecule has 0 spiro atoms. The van der Waals surface area contributed by atoms with Gasteiger partial charge in [-0.05, 0) is 12.5 Å². The van der Waals surface area contributed by atoms with Gasteiger partial charge in [-0.1, -0.05) is 30.3 Å². The molecule has 1 unspecified atom stereocenters. The average molecular weight is 263 g/mol. The maximum Gasteiger partial charge on any atom is 0.356 e. The topological polar surface area (TPSA) is 59.4 Å². The number of carboxylic acid groups (broad SMARTS) is 1. The van der Waals surface area contributed by atoms with Crippen molar-refractivity contribution in [1.29, 1.82) is 0 Å². The Labute approximate surface area is 109 Å². The highest BCUT2D eigenvalue weighted by Crippen LogP contribution is 2.33. The predicted octanol–water partition coefficient (Wildman–Crippen LogP) is 3.22. The lowest BCUT2D eigenvalue weighted by molar-refractivity contribution is 0.0690. The second kappa shape index (κ2) is 5.29. The van der Waals surface area contributed by atoms with Crippen molar-refractivity contribution in [2.75, 3.05) is 7.11 Å². The lowest BCUT2D eigenvalue weighted by Crippen LogP contribution is -2.01. The van der Waals surface area contributed by atoms with Gasteiger partial charge in [0.1, 0.15) is 11.1 Å². The Morgan fingerprint density at radius 2 is 2.06 bits per heavy atom. The molecule has 5 heteroatoms. The maximum absolute atomic E-state index is 11.2. The Morgan fingerprint density at radius 1 is 1.39 bits per heavy atom. The Bertz CT molecular complexity index is 551. The van der Waals surface area contributed by atoms with E-state index >= 15 is 0 Å². The zero-order valence-corrected chi connectivity index (χ0v) is 10.9. The van der Waals surface area contributed by atoms with Crippen LogP contribution in [0.1, 0.15) is 28.5 Å². The van der Waals surface area contributed by atoms with Crippen LogP contribution in [0.3, 0.4) is 0 Å². The van der Waals surface area contributed by atoms with Gasteiger partial charge in [0.15, 0.2) is 5.69 Å². The van der Waals surface area contributed by atoms with Gasteiger partial charge in [0.25, 0.3) is 0 Å². The molecule has 1 aromatic heterocycles. The molecule has 0 amide bonds. The number of aromatic carboxylic acids is 1. The van der Waals surface area contributed by atoms with E-state index in [0.29, 0.717) is 9.88 Å². The summed E-state index contributed by atoms with van der Waals surface area (Å²) in [5.41, 5.74) is 0.951. The number of hydrogen-bond acceptors (Lipinski definition) is 4. The molecule has 2 rings (SSSR count). The highest BCUT2D eigenvalue weighted by Gasteiger charge is 2.21. The SMILES string of the molecule is COC(C)c1nc(C(=O)O)c(-c2ccccc2)s1. The smallest absolute Gasteiger partial charge is 0.356 e. The minimum atomic E-state index is -1.01. The van der Waals surface area contributed by atoms with Crippen molar-refractivity contribution >= 4 is 17.3 Å². The maximum atomic E-state index is 11.2. The molecule has 1 aromatic carbocycles. The van der Waals surface area contributed by atoms with E-state index in [4.69, 9.17) is 4.74 Å². The molecule has 94 valence electrons. The van der Waals surface area contributed by atoms with Gasteiger partial charge in [-0.3, -0.25) is 0 Å². The van der Waals surface area contributed by atoms with Crippen LogP contribution in [0, 0.1) is 0 Å². The number of carboxylic acids is 1. The predicted molar refractivity (Wildman–Crippen MR) is 69.9 cm³/mol. The largest absolute Gasteiger partial charge is 0.476 e. The minimum Gasteiger partial charge on any atom is -0.476 e. The normalized spacial score (nSPS) is 12.3. The van der Waals surface area contributed by atoms with E-state index in [1.54, 1.807) is 7.11 Å². The standard InChI is InChI=1S/C13H13NO3S/c1-8(17-2)12-14-10(13(15)16)11(18-12)9-6-4-3-5-7-9/h3-8H,1-2H3,(H,15,16). The Morgan fingerprint density at radius 3 is 2.61 bits per heavy atom. The number of benzene rings is 1. The van der Waals surface area contributed by atoms with Crippen LogP contribution in [-0.4, -0.2) is 23.2 Å². The molecular weight excluding hydrogens is 250 g/mol. The molecule has 1 N–H and O–H groups in total. The van der Waals surface area contributed by atoms with Crippen LogP contribution < -0.4 is 0 Å². The van der Waals surface area contributed by atoms with Gasteiger partial charge in [-0.15, -0.1) is 11.3 Å². The van der Waals surface area contributed by atoms with E-state index < -0.39 is 5.97 Å². The first-order chi connectivity index (χ1) is 8.63. The second-order valence-corrected chi connectivity index (χ2v) is 4.81. The van der Waals surface area contributed by atoms with Crippen molar-refractivity contribution < 1.29 is 14.6 Å². The summed E-state index contributed by atoms with van der Waals surface area (Å²) >= 11 is 1.36. The van der Waals surface area contributed by atoms with Crippen molar-refractivity contribution in [3.63, 3.8) is 0 Å². The van der Waals surface area contributed by atoms with E-state index in [-0.39, 0.29) is 11.8 Å². The van der Waals surface area contributed by atoms with Crippen molar-refractivity contribution in [2.24, 2.45) is 0 Å². The molecule has 1 heterocycles. The first-order valence-corrected chi connectivity index (χ1v) is 6.27. The number of aromatic nitrogens is 1. The molecule has 1 atom stereocenters. The quantitative estimate of drug-likeness (QED) is 0.920. The highest BCUT2D eigenvalue weighted by atomic mass is 32.1. The van der Waals surface area contributed by atoms with E-state index in [1.165, 1.54) is 11.3 Å². The number of thiazole rings is 1. The fourth-order valence-electron chi connectivity index (χ4n) is 1.54. The van der Waals surface area contributed by atoms with Crippen molar-refractivity contribution in [1.82, 2.24) is 4.98 Å². The summed E-state index contributed by atoms with van der Waals surface area (Å²) in [6.07, 6.45) is -0.203. The molecule has 0 saturated carbocycles. The molecule has 0 saturated heterocycles. The molecule has 18 heavy (non-hydrogen) atoms. The summed E-state index contributed by atoms with van der Waals surface area (Å²) in [6.45, 7) is 1.85. The summed E-state index contributed by atoms with van der Waals surface area (Å²) in [4.78, 5) is 16.0. The molecule has 2 aromatic rings. The van der Waals surface area contributed by atoms with Gasteiger partial charge < -0.3 is 9.84 Å². The minimum absolute atomic E-state index is 0.0881. The number of ether oxygens (including phenoxy) is 1. The summed E-state index contributed by atoms with van der Waals surface area (Å²) in [5, 5.41) is 9.87. The monoisotopic (exact) mass is 263 g/mol. The number of methoxy groups -OCH3 is 1.